The summed E-state index contributed by atoms with van der Waals surface area (Å²) in [6.07, 6.45) is 1.93. The van der Waals surface area contributed by atoms with E-state index in [-0.39, 0.29) is 21.8 Å². The van der Waals surface area contributed by atoms with Crippen LogP contribution in [-0.2, 0) is 18.7 Å². The van der Waals surface area contributed by atoms with Crippen molar-refractivity contribution in [2.45, 2.75) is 21.3 Å². The van der Waals surface area contributed by atoms with Gasteiger partial charge in [0, 0.05) is 0 Å². The molecule has 0 bridgehead atoms. The Balaban J connectivity index is 1.72. The SMILES string of the molecule is COc1cc(C(=O)OS(=O)(=O)NC(=O)c2ccccc2C)ccc1[CH2][In]1[N]=CC[CH]1[N+](=O)[O-]. The number of nitrogens with one attached hydrogen (secondary N) is 1. The van der Waals surface area contributed by atoms with E-state index in [2.05, 4.69) is 7.16 Å². The van der Waals surface area contributed by atoms with Crippen LogP contribution < -0.4 is 9.46 Å². The molecule has 0 saturated carbocycles. The maximum absolute atomic E-state index is 12.4. The van der Waals surface area contributed by atoms with Crippen LogP contribution in [-0.4, -0.2) is 64.1 Å². The van der Waals surface area contributed by atoms with Gasteiger partial charge in [0.2, 0.25) is 0 Å². The molecular formula is C20H20InN3O8S. The molecule has 3 rings (SSSR count). The van der Waals surface area contributed by atoms with Crippen molar-refractivity contribution in [3.8, 4) is 5.75 Å². The van der Waals surface area contributed by atoms with E-state index in [4.69, 9.17) is 4.74 Å². The Morgan fingerprint density at radius 2 is 2.00 bits per heavy atom. The van der Waals surface area contributed by atoms with Crippen molar-refractivity contribution in [3.63, 3.8) is 0 Å². The zero-order valence-electron chi connectivity index (χ0n) is 17.8. The zero-order valence-corrected chi connectivity index (χ0v) is 21.9. The van der Waals surface area contributed by atoms with Crippen LogP contribution >= 0.6 is 0 Å². The Kier molecular flexibility index (Phi) is 7.74. The van der Waals surface area contributed by atoms with Gasteiger partial charge in [-0.1, -0.05) is 18.2 Å². The standard InChI is InChI=1S/C17H16NO6S.C3H4N2O2.In/c1-11-6-4-5-7-14(11)16(19)18-25(21,22)24-17(20)13-9-8-12(2)15(10-13)23-3;4-2-1-3-5(6)7;/h4-10H,2H2,1,3H3,(H,18,19);2-3H,1H2;/q;-1;+1. The number of nitrogens with zero attached hydrogens (tertiary/aromatic N) is 2. The molecule has 1 atom stereocenters. The van der Waals surface area contributed by atoms with E-state index in [1.165, 1.54) is 31.4 Å². The molecule has 0 aromatic heterocycles. The quantitative estimate of drug-likeness (QED) is 0.367. The summed E-state index contributed by atoms with van der Waals surface area (Å²) < 4.78 is 40.0. The van der Waals surface area contributed by atoms with Gasteiger partial charge in [-0.05, 0) is 6.92 Å². The van der Waals surface area contributed by atoms with E-state index in [0.717, 1.165) is 0 Å². The number of nitro groups is 1. The summed E-state index contributed by atoms with van der Waals surface area (Å²) in [5, 5.41) is 11.2. The van der Waals surface area contributed by atoms with Crippen molar-refractivity contribution in [1.82, 2.24) is 4.72 Å². The summed E-state index contributed by atoms with van der Waals surface area (Å²) in [5.74, 6) is -1.87. The molecule has 0 fully saturated rings. The second kappa shape index (κ2) is 10.3. The second-order valence-corrected chi connectivity index (χ2v) is 16.0. The Morgan fingerprint density at radius 1 is 1.27 bits per heavy atom. The summed E-state index contributed by atoms with van der Waals surface area (Å²) in [6, 6.07) is 10.5. The fraction of sp³-hybridized carbons (Fsp3) is 0.250. The van der Waals surface area contributed by atoms with Gasteiger partial charge < -0.3 is 0 Å². The van der Waals surface area contributed by atoms with Crippen LogP contribution in [0.3, 0.4) is 0 Å². The number of rotatable bonds is 8. The van der Waals surface area contributed by atoms with Gasteiger partial charge in [0.05, 0.1) is 0 Å². The number of carbonyl (C=O) groups is 2. The maximum atomic E-state index is 12.4. The minimum absolute atomic E-state index is 0.122. The topological polar surface area (TPSA) is 154 Å². The molecule has 172 valence electrons. The van der Waals surface area contributed by atoms with Crippen LogP contribution in [0.4, 0.5) is 0 Å². The second-order valence-electron chi connectivity index (χ2n) is 7.29. The first-order valence-corrected chi connectivity index (χ1v) is 16.9. The molecular weight excluding hydrogens is 557 g/mol. The number of aryl methyl sites for hydroxylation is 1. The van der Waals surface area contributed by atoms with Crippen LogP contribution in [0.15, 0.2) is 45.4 Å². The summed E-state index contributed by atoms with van der Waals surface area (Å²) in [4.78, 5) is 35.6. The first-order chi connectivity index (χ1) is 15.6. The third-order valence-electron chi connectivity index (χ3n) is 5.10. The van der Waals surface area contributed by atoms with E-state index in [0.29, 0.717) is 21.7 Å². The molecule has 11 nitrogen and oxygen atoms in total. The fourth-order valence-electron chi connectivity index (χ4n) is 3.41. The minimum atomic E-state index is -4.73. The molecule has 1 aliphatic heterocycles. The third-order valence-corrected chi connectivity index (χ3v) is 14.1. The summed E-state index contributed by atoms with van der Waals surface area (Å²) in [6.45, 7) is 1.64. The molecule has 0 saturated heterocycles. The van der Waals surface area contributed by atoms with E-state index in [1.807, 2.05) is 0 Å². The van der Waals surface area contributed by atoms with Crippen molar-refractivity contribution in [3.05, 3.63) is 74.8 Å². The van der Waals surface area contributed by atoms with Crippen molar-refractivity contribution in [2.75, 3.05) is 7.11 Å². The van der Waals surface area contributed by atoms with Crippen molar-refractivity contribution in [2.24, 2.45) is 2.98 Å². The third kappa shape index (κ3) is 6.11. The van der Waals surface area contributed by atoms with Crippen LogP contribution in [0.25, 0.3) is 0 Å². The molecule has 13 heteroatoms. The van der Waals surface area contributed by atoms with Gasteiger partial charge in [-0.25, -0.2) is 0 Å². The van der Waals surface area contributed by atoms with Gasteiger partial charge in [-0.3, -0.25) is 0 Å². The monoisotopic (exact) mass is 577 g/mol. The van der Waals surface area contributed by atoms with Crippen LogP contribution in [0, 0.1) is 17.0 Å². The van der Waals surface area contributed by atoms with Gasteiger partial charge in [0.15, 0.2) is 0 Å². The number of ether oxygens (including phenoxy) is 1. The molecule has 0 radical (unpaired) electrons. The molecule has 1 unspecified atom stereocenters. The van der Waals surface area contributed by atoms with Crippen molar-refractivity contribution >= 4 is 50.1 Å². The van der Waals surface area contributed by atoms with Crippen LogP contribution in [0.5, 0.6) is 5.75 Å². The summed E-state index contributed by atoms with van der Waals surface area (Å²) in [7, 11) is -3.37. The average Bonchev–Trinajstić information content (AvgIpc) is 3.22. The number of amides is 1. The molecule has 1 heterocycles. The molecule has 1 N–H and O–H groups in total. The Hall–Kier alpha value is -2.93. The Bertz CT molecular complexity index is 1230. The predicted octanol–water partition coefficient (Wildman–Crippen LogP) is 1.57. The number of hydrogen-bond acceptors (Lipinski definition) is 9. The molecule has 0 aliphatic carbocycles. The van der Waals surface area contributed by atoms with Gasteiger partial charge in [-0.15, -0.1) is 0 Å². The molecule has 33 heavy (non-hydrogen) atoms. The van der Waals surface area contributed by atoms with Gasteiger partial charge in [0.25, 0.3) is 0 Å². The molecule has 1 aliphatic rings. The summed E-state index contributed by atoms with van der Waals surface area (Å²) in [5.41, 5.74) is 1.20. The number of methoxy groups -OCH3 is 1. The fourth-order valence-corrected chi connectivity index (χ4v) is 11.1. The summed E-state index contributed by atoms with van der Waals surface area (Å²) >= 11 is -2.90. The number of carbonyl (C=O) groups excluding carboxylic acids is 2. The van der Waals surface area contributed by atoms with E-state index >= 15 is 0 Å². The Labute approximate surface area is 198 Å². The Morgan fingerprint density at radius 3 is 2.67 bits per heavy atom. The first-order valence-electron chi connectivity index (χ1n) is 9.80. The van der Waals surface area contributed by atoms with E-state index in [9.17, 15) is 28.1 Å². The van der Waals surface area contributed by atoms with Gasteiger partial charge in [-0.2, -0.15) is 0 Å². The van der Waals surface area contributed by atoms with Crippen molar-refractivity contribution in [1.29, 1.82) is 0 Å². The molecule has 0 spiro atoms. The average molecular weight is 577 g/mol. The van der Waals surface area contributed by atoms with E-state index < -0.39 is 47.7 Å². The molecule has 2 aromatic carbocycles. The normalized spacial score (nSPS) is 15.2. The van der Waals surface area contributed by atoms with Crippen LogP contribution in [0.2, 0.25) is 0 Å². The van der Waals surface area contributed by atoms with Gasteiger partial charge in [0.1, 0.15) is 0 Å². The number of hydrogen-bond donors (Lipinski definition) is 1. The zero-order chi connectivity index (χ0) is 24.2. The molecule has 2 aromatic rings. The first kappa shape index (κ1) is 24.7. The molecule has 1 amide bonds. The predicted molar refractivity (Wildman–Crippen MR) is 119 cm³/mol. The van der Waals surface area contributed by atoms with Gasteiger partial charge >= 0.3 is 174 Å². The van der Waals surface area contributed by atoms with Crippen LogP contribution in [0.1, 0.15) is 38.3 Å². The van der Waals surface area contributed by atoms with Crippen molar-refractivity contribution < 1.29 is 31.9 Å². The van der Waals surface area contributed by atoms with E-state index in [1.54, 1.807) is 36.1 Å². The number of benzene rings is 2.